The lowest BCUT2D eigenvalue weighted by molar-refractivity contribution is -0.113. The zero-order chi connectivity index (χ0) is 24.7. The van der Waals surface area contributed by atoms with Crippen molar-refractivity contribution in [3.63, 3.8) is 0 Å². The van der Waals surface area contributed by atoms with Crippen LogP contribution in [0.1, 0.15) is 22.3 Å². The van der Waals surface area contributed by atoms with E-state index in [9.17, 15) is 9.59 Å². The summed E-state index contributed by atoms with van der Waals surface area (Å²) >= 11 is 1.29. The number of carbonyl (C=O) groups is 1. The average Bonchev–Trinajstić information content (AvgIpc) is 3.27. The van der Waals surface area contributed by atoms with Crippen LogP contribution in [-0.2, 0) is 4.79 Å². The summed E-state index contributed by atoms with van der Waals surface area (Å²) in [5.74, 6) is 0.443. The van der Waals surface area contributed by atoms with Gasteiger partial charge >= 0.3 is 0 Å². The Balaban J connectivity index is 1.57. The molecule has 2 heterocycles. The van der Waals surface area contributed by atoms with Crippen molar-refractivity contribution >= 4 is 40.0 Å². The highest BCUT2D eigenvalue weighted by Gasteiger charge is 2.19. The molecule has 3 aromatic carbocycles. The van der Waals surface area contributed by atoms with Crippen LogP contribution in [0.15, 0.2) is 70.6 Å². The maximum atomic E-state index is 13.6. The fourth-order valence-electron chi connectivity index (χ4n) is 4.15. The van der Waals surface area contributed by atoms with Gasteiger partial charge in [0.2, 0.25) is 11.7 Å². The summed E-state index contributed by atoms with van der Waals surface area (Å²) in [5.41, 5.74) is 6.28. The molecule has 1 amide bonds. The number of nitrogens with one attached hydrogen (secondary N) is 1. The molecule has 0 spiro atoms. The Morgan fingerprint density at radius 3 is 2.57 bits per heavy atom. The lowest BCUT2D eigenvalue weighted by Crippen LogP contribution is -2.22. The number of amides is 1. The first-order valence-electron chi connectivity index (χ1n) is 11.3. The molecule has 0 fully saturated rings. The van der Waals surface area contributed by atoms with Crippen molar-refractivity contribution in [1.82, 2.24) is 19.2 Å². The number of hydrogen-bond donors (Lipinski definition) is 1. The van der Waals surface area contributed by atoms with Gasteiger partial charge in [-0.15, -0.1) is 10.2 Å². The van der Waals surface area contributed by atoms with E-state index in [1.165, 1.54) is 11.8 Å². The summed E-state index contributed by atoms with van der Waals surface area (Å²) in [6.07, 6.45) is 0. The van der Waals surface area contributed by atoms with E-state index in [4.69, 9.17) is 0 Å². The third-order valence-corrected chi connectivity index (χ3v) is 7.14. The molecule has 0 saturated heterocycles. The number of thioether (sulfide) groups is 1. The first kappa shape index (κ1) is 22.9. The summed E-state index contributed by atoms with van der Waals surface area (Å²) in [7, 11) is 0. The van der Waals surface area contributed by atoms with Crippen LogP contribution in [0.25, 0.3) is 22.4 Å². The van der Waals surface area contributed by atoms with Gasteiger partial charge in [-0.05, 0) is 74.2 Å². The molecule has 0 atom stereocenters. The minimum Gasteiger partial charge on any atom is -0.325 e. The number of carbonyl (C=O) groups excluding carboxylic acids is 1. The van der Waals surface area contributed by atoms with Gasteiger partial charge in [-0.2, -0.15) is 0 Å². The number of aromatic nitrogens is 4. The van der Waals surface area contributed by atoms with Crippen LogP contribution in [0.2, 0.25) is 0 Å². The van der Waals surface area contributed by atoms with Gasteiger partial charge in [0, 0.05) is 5.69 Å². The zero-order valence-corrected chi connectivity index (χ0v) is 20.8. The molecule has 7 nitrogen and oxygen atoms in total. The van der Waals surface area contributed by atoms with Gasteiger partial charge in [-0.1, -0.05) is 48.2 Å². The van der Waals surface area contributed by atoms with Crippen molar-refractivity contribution < 1.29 is 4.79 Å². The summed E-state index contributed by atoms with van der Waals surface area (Å²) in [6, 6.07) is 19.2. The van der Waals surface area contributed by atoms with Gasteiger partial charge in [-0.25, -0.2) is 4.57 Å². The van der Waals surface area contributed by atoms with Crippen LogP contribution in [0.5, 0.6) is 0 Å². The molecule has 0 aliphatic rings. The first-order chi connectivity index (χ1) is 16.8. The number of benzene rings is 3. The normalized spacial score (nSPS) is 11.3. The Morgan fingerprint density at radius 2 is 1.74 bits per heavy atom. The quantitative estimate of drug-likeness (QED) is 0.356. The van der Waals surface area contributed by atoms with E-state index in [1.54, 1.807) is 10.6 Å². The Bertz CT molecular complexity index is 1670. The Hall–Kier alpha value is -3.91. The second kappa shape index (κ2) is 9.03. The van der Waals surface area contributed by atoms with Crippen LogP contribution < -0.4 is 10.9 Å². The SMILES string of the molecule is Cc1ccc(C)c(-n2c(=O)c3ccccc3n3c(SCC(=O)Nc4cccc(C)c4C)nnc23)c1. The lowest BCUT2D eigenvalue weighted by Gasteiger charge is -2.14. The van der Waals surface area contributed by atoms with Crippen LogP contribution in [0, 0.1) is 27.7 Å². The number of fused-ring (bicyclic) bond motifs is 3. The van der Waals surface area contributed by atoms with Crippen molar-refractivity contribution in [2.24, 2.45) is 0 Å². The molecule has 0 radical (unpaired) electrons. The van der Waals surface area contributed by atoms with Crippen LogP contribution in [0.3, 0.4) is 0 Å². The van der Waals surface area contributed by atoms with Gasteiger partial charge in [-0.3, -0.25) is 14.0 Å². The second-order valence-corrected chi connectivity index (χ2v) is 9.59. The van der Waals surface area contributed by atoms with Crippen molar-refractivity contribution in [3.05, 3.63) is 93.3 Å². The van der Waals surface area contributed by atoms with E-state index < -0.39 is 0 Å². The molecule has 35 heavy (non-hydrogen) atoms. The third-order valence-electron chi connectivity index (χ3n) is 6.21. The molecule has 0 aliphatic heterocycles. The highest BCUT2D eigenvalue weighted by Crippen LogP contribution is 2.25. The molecule has 176 valence electrons. The number of anilines is 1. The molecular formula is C27H25N5O2S. The highest BCUT2D eigenvalue weighted by molar-refractivity contribution is 7.99. The maximum Gasteiger partial charge on any atom is 0.267 e. The molecule has 5 aromatic rings. The number of rotatable bonds is 5. The van der Waals surface area contributed by atoms with E-state index in [0.29, 0.717) is 21.8 Å². The number of aryl methyl sites for hydroxylation is 3. The minimum absolute atomic E-state index is 0.132. The van der Waals surface area contributed by atoms with Crippen molar-refractivity contribution in [3.8, 4) is 5.69 Å². The first-order valence-corrected chi connectivity index (χ1v) is 12.3. The molecule has 0 unspecified atom stereocenters. The monoisotopic (exact) mass is 483 g/mol. The molecule has 2 aromatic heterocycles. The van der Waals surface area contributed by atoms with Crippen LogP contribution in [0.4, 0.5) is 5.69 Å². The largest absolute Gasteiger partial charge is 0.325 e. The number of hydrogen-bond acceptors (Lipinski definition) is 5. The van der Waals surface area contributed by atoms with Gasteiger partial charge in [0.1, 0.15) is 0 Å². The van der Waals surface area contributed by atoms with Gasteiger partial charge in [0.05, 0.1) is 22.3 Å². The maximum absolute atomic E-state index is 13.6. The Kier molecular flexibility index (Phi) is 5.90. The standard InChI is InChI=1S/C27H25N5O2S/c1-16-12-13-18(3)23(14-16)31-25(34)20-9-5-6-11-22(20)32-26(31)29-30-27(32)35-15-24(33)28-21-10-7-8-17(2)19(21)4/h5-14H,15H2,1-4H3,(H,28,33). The third kappa shape index (κ3) is 4.10. The zero-order valence-electron chi connectivity index (χ0n) is 20.0. The van der Waals surface area contributed by atoms with E-state index in [2.05, 4.69) is 15.5 Å². The molecular weight excluding hydrogens is 458 g/mol. The molecule has 1 N–H and O–H groups in total. The summed E-state index contributed by atoms with van der Waals surface area (Å²) < 4.78 is 3.46. The summed E-state index contributed by atoms with van der Waals surface area (Å²) in [6.45, 7) is 7.97. The van der Waals surface area contributed by atoms with E-state index in [-0.39, 0.29) is 17.2 Å². The van der Waals surface area contributed by atoms with Gasteiger partial charge in [0.15, 0.2) is 5.16 Å². The lowest BCUT2D eigenvalue weighted by atomic mass is 10.1. The highest BCUT2D eigenvalue weighted by atomic mass is 32.2. The topological polar surface area (TPSA) is 81.3 Å². The van der Waals surface area contributed by atoms with E-state index in [0.717, 1.165) is 33.6 Å². The average molecular weight is 484 g/mol. The Morgan fingerprint density at radius 1 is 0.943 bits per heavy atom. The number of nitrogens with zero attached hydrogens (tertiary/aromatic N) is 4. The van der Waals surface area contributed by atoms with E-state index in [1.807, 2.05) is 86.7 Å². The van der Waals surface area contributed by atoms with Crippen molar-refractivity contribution in [1.29, 1.82) is 0 Å². The summed E-state index contributed by atoms with van der Waals surface area (Å²) in [4.78, 5) is 26.3. The fraction of sp³-hybridized carbons (Fsp3) is 0.185. The summed E-state index contributed by atoms with van der Waals surface area (Å²) in [5, 5.41) is 12.9. The van der Waals surface area contributed by atoms with Crippen molar-refractivity contribution in [2.45, 2.75) is 32.9 Å². The molecule has 0 saturated carbocycles. The molecule has 8 heteroatoms. The molecule has 0 bridgehead atoms. The molecule has 5 rings (SSSR count). The van der Waals surface area contributed by atoms with Crippen LogP contribution >= 0.6 is 11.8 Å². The predicted molar refractivity (Wildman–Crippen MR) is 141 cm³/mol. The smallest absolute Gasteiger partial charge is 0.267 e. The van der Waals surface area contributed by atoms with Gasteiger partial charge < -0.3 is 5.32 Å². The van der Waals surface area contributed by atoms with Crippen LogP contribution in [-0.4, -0.2) is 30.8 Å². The Labute approximate surface area is 206 Å². The predicted octanol–water partition coefficient (Wildman–Crippen LogP) is 5.00. The van der Waals surface area contributed by atoms with E-state index >= 15 is 0 Å². The second-order valence-electron chi connectivity index (χ2n) is 8.65. The minimum atomic E-state index is -0.154. The van der Waals surface area contributed by atoms with Gasteiger partial charge in [0.25, 0.3) is 5.56 Å². The molecule has 0 aliphatic carbocycles. The van der Waals surface area contributed by atoms with Crippen molar-refractivity contribution in [2.75, 3.05) is 11.1 Å². The number of para-hydroxylation sites is 1. The fourth-order valence-corrected chi connectivity index (χ4v) is 4.89.